The van der Waals surface area contributed by atoms with Crippen molar-refractivity contribution in [2.45, 2.75) is 39.8 Å². The van der Waals surface area contributed by atoms with Gasteiger partial charge in [0.05, 0.1) is 0 Å². The van der Waals surface area contributed by atoms with Gasteiger partial charge in [-0.25, -0.2) is 0 Å². The van der Waals surface area contributed by atoms with Gasteiger partial charge in [-0.05, 0) is 0 Å². The van der Waals surface area contributed by atoms with Crippen LogP contribution < -0.4 is 9.80 Å². The predicted molar refractivity (Wildman–Crippen MR) is 140 cm³/mol. The molecule has 168 valence electrons. The Balaban J connectivity index is 1.65. The van der Waals surface area contributed by atoms with Crippen LogP contribution in [0.1, 0.15) is 38.8 Å². The van der Waals surface area contributed by atoms with Crippen LogP contribution in [0.3, 0.4) is 0 Å². The van der Waals surface area contributed by atoms with Crippen LogP contribution in [-0.2, 0) is 17.9 Å². The Morgan fingerprint density at radius 2 is 1.00 bits per heavy atom. The minimum absolute atomic E-state index is 0.234. The molecule has 6 rings (SSSR count). The van der Waals surface area contributed by atoms with Gasteiger partial charge in [-0.3, -0.25) is 0 Å². The van der Waals surface area contributed by atoms with Crippen LogP contribution in [0.2, 0.25) is 0 Å². The molecule has 0 amide bonds. The second-order valence-electron chi connectivity index (χ2n) is 9.83. The molecule has 0 N–H and O–H groups in total. The molecule has 2 atom stereocenters. The molecule has 4 aliphatic rings. The Bertz CT molecular complexity index is 1270. The van der Waals surface area contributed by atoms with E-state index in [4.69, 9.17) is 17.0 Å². The van der Waals surface area contributed by atoms with Crippen molar-refractivity contribution in [3.63, 3.8) is 0 Å². The van der Waals surface area contributed by atoms with Crippen molar-refractivity contribution < 1.29 is 17.9 Å². The summed E-state index contributed by atoms with van der Waals surface area (Å²) in [6.07, 6.45) is 0. The molecule has 0 fully saturated rings. The molecule has 2 aromatic carbocycles. The molecule has 0 bridgehead atoms. The number of fused-ring (bicyclic) bond motifs is 6. The van der Waals surface area contributed by atoms with Crippen molar-refractivity contribution >= 4 is 39.5 Å². The Kier molecular flexibility index (Phi) is 4.81. The number of hydrogen-bond donors (Lipinski definition) is 0. The zero-order valence-corrected chi connectivity index (χ0v) is 23.9. The third-order valence-electron chi connectivity index (χ3n) is 8.39. The first-order valence-corrected chi connectivity index (χ1v) is 20.3. The average Bonchev–Trinajstić information content (AvgIpc) is 3.43. The number of hydrogen-bond acceptors (Lipinski definition) is 2. The summed E-state index contributed by atoms with van der Waals surface area (Å²) < 4.78 is 2.54. The first-order valence-electron chi connectivity index (χ1n) is 11.5. The van der Waals surface area contributed by atoms with Gasteiger partial charge in [0.15, 0.2) is 0 Å². The summed E-state index contributed by atoms with van der Waals surface area (Å²) in [5, 5.41) is 0. The van der Waals surface area contributed by atoms with Crippen molar-refractivity contribution in [3.8, 4) is 0 Å². The van der Waals surface area contributed by atoms with Gasteiger partial charge < -0.3 is 0 Å². The molecule has 2 unspecified atom stereocenters. The number of para-hydroxylation sites is 2. The van der Waals surface area contributed by atoms with Gasteiger partial charge in [0.2, 0.25) is 0 Å². The molecule has 2 aromatic rings. The second kappa shape index (κ2) is 7.23. The topological polar surface area (TPSA) is 6.48 Å². The van der Waals surface area contributed by atoms with E-state index in [1.807, 2.05) is 0 Å². The van der Waals surface area contributed by atoms with Crippen molar-refractivity contribution in [1.29, 1.82) is 0 Å². The maximum atomic E-state index is 7.79. The molecule has 0 radical (unpaired) electrons. The summed E-state index contributed by atoms with van der Waals surface area (Å²) >= 11 is -4.07. The molecule has 0 saturated carbocycles. The number of benzene rings is 2. The zero-order valence-electron chi connectivity index (χ0n) is 19.9. The molecular weight excluding hydrogens is 526 g/mol. The number of nitrogens with zero attached hydrogens (tertiary/aromatic N) is 2. The molecule has 33 heavy (non-hydrogen) atoms. The van der Waals surface area contributed by atoms with Gasteiger partial charge in [0, 0.05) is 0 Å². The van der Waals surface area contributed by atoms with E-state index in [9.17, 15) is 0 Å². The van der Waals surface area contributed by atoms with Gasteiger partial charge in [-0.2, -0.15) is 0 Å². The van der Waals surface area contributed by atoms with E-state index in [1.54, 1.807) is 0 Å². The average molecular weight is 555 g/mol. The van der Waals surface area contributed by atoms with Crippen molar-refractivity contribution in [1.82, 2.24) is 0 Å². The SMILES string of the molecule is CC1=C(C)C2C(=[C]1[Zr]([Cl])([Cl])[C]1=C3c4ccccc4N(C)C3C(C)=C1C)c1ccccc1N2C. The van der Waals surface area contributed by atoms with Gasteiger partial charge in [-0.1, -0.05) is 0 Å². The molecule has 2 nitrogen and oxygen atoms in total. The molecule has 2 heterocycles. The van der Waals surface area contributed by atoms with E-state index in [0.29, 0.717) is 0 Å². The Morgan fingerprint density at radius 3 is 1.39 bits per heavy atom. The Hall–Kier alpha value is -1.54. The summed E-state index contributed by atoms with van der Waals surface area (Å²) in [6, 6.07) is 17.9. The number of likely N-dealkylation sites (N-methyl/N-ethyl adjacent to an activating group) is 2. The van der Waals surface area contributed by atoms with E-state index < -0.39 is 17.9 Å². The number of rotatable bonds is 2. The Morgan fingerprint density at radius 1 is 0.636 bits per heavy atom. The number of halogens is 2. The minimum atomic E-state index is -4.07. The second-order valence-corrected chi connectivity index (χ2v) is 23.0. The van der Waals surface area contributed by atoms with Crippen LogP contribution in [-0.4, -0.2) is 26.2 Å². The molecule has 0 spiro atoms. The zero-order chi connectivity index (χ0) is 23.4. The van der Waals surface area contributed by atoms with E-state index in [2.05, 4.69) is 100 Å². The van der Waals surface area contributed by atoms with Crippen LogP contribution in [0.25, 0.3) is 11.1 Å². The monoisotopic (exact) mass is 552 g/mol. The van der Waals surface area contributed by atoms with E-state index in [-0.39, 0.29) is 12.1 Å². The fraction of sp³-hybridized carbons (Fsp3) is 0.286. The first-order chi connectivity index (χ1) is 15.7. The van der Waals surface area contributed by atoms with Crippen molar-refractivity contribution in [2.75, 3.05) is 23.9 Å². The van der Waals surface area contributed by atoms with Crippen LogP contribution in [0.4, 0.5) is 11.4 Å². The fourth-order valence-corrected chi connectivity index (χ4v) is 19.3. The summed E-state index contributed by atoms with van der Waals surface area (Å²) in [7, 11) is 20.0. The quantitative estimate of drug-likeness (QED) is 0.377. The predicted octanol–water partition coefficient (Wildman–Crippen LogP) is 7.61. The number of allylic oxidation sites excluding steroid dienone is 4. The van der Waals surface area contributed by atoms with Crippen LogP contribution in [0, 0.1) is 0 Å². The van der Waals surface area contributed by atoms with Crippen LogP contribution in [0.5, 0.6) is 0 Å². The normalized spacial score (nSPS) is 23.8. The van der Waals surface area contributed by atoms with E-state index >= 15 is 0 Å². The molecule has 5 heteroatoms. The molecular formula is C28H28Cl2N2Zr. The van der Waals surface area contributed by atoms with Gasteiger partial charge in [0.1, 0.15) is 0 Å². The molecule has 0 aromatic heterocycles. The number of anilines is 2. The molecule has 2 aliphatic carbocycles. The van der Waals surface area contributed by atoms with Crippen molar-refractivity contribution in [3.05, 3.63) is 88.5 Å². The third-order valence-corrected chi connectivity index (χ3v) is 19.1. The summed E-state index contributed by atoms with van der Waals surface area (Å²) in [4.78, 5) is 4.79. The summed E-state index contributed by atoms with van der Waals surface area (Å²) in [5.41, 5.74) is 13.2. The van der Waals surface area contributed by atoms with Gasteiger partial charge in [0.25, 0.3) is 0 Å². The van der Waals surface area contributed by atoms with E-state index in [1.165, 1.54) is 62.5 Å². The van der Waals surface area contributed by atoms with Gasteiger partial charge in [-0.15, -0.1) is 0 Å². The van der Waals surface area contributed by atoms with Crippen molar-refractivity contribution in [2.24, 2.45) is 0 Å². The third kappa shape index (κ3) is 2.65. The maximum absolute atomic E-state index is 7.79. The molecule has 0 saturated heterocycles. The standard InChI is InChI=1S/2C14H14N.2ClH.Zr/c2*1-9-8-12-11-6-4-5-7-13(11)15(3)14(12)10(9)2;;;/h2*4-7,14H,1-3H3;2*1H;/q;;;;+2/p-2. The first kappa shape index (κ1) is 22.0. The van der Waals surface area contributed by atoms with Crippen LogP contribution >= 0.6 is 17.0 Å². The Labute approximate surface area is 208 Å². The fourth-order valence-electron chi connectivity index (χ4n) is 6.68. The summed E-state index contributed by atoms with van der Waals surface area (Å²) in [5.74, 6) is 0. The summed E-state index contributed by atoms with van der Waals surface area (Å²) in [6.45, 7) is 8.99. The van der Waals surface area contributed by atoms with Crippen LogP contribution in [0.15, 0.2) is 77.4 Å². The molecule has 2 aliphatic heterocycles. The van der Waals surface area contributed by atoms with E-state index in [0.717, 1.165) is 0 Å². The van der Waals surface area contributed by atoms with Gasteiger partial charge >= 0.3 is 210 Å².